The van der Waals surface area contributed by atoms with Crippen LogP contribution in [-0.2, 0) is 4.74 Å². The van der Waals surface area contributed by atoms with Gasteiger partial charge in [0.25, 0.3) is 0 Å². The number of rotatable bonds is 8. The topological polar surface area (TPSA) is 43.4 Å². The van der Waals surface area contributed by atoms with Crippen LogP contribution in [0.2, 0.25) is 5.02 Å². The quantitative estimate of drug-likeness (QED) is 0.150. The second-order valence-corrected chi connectivity index (χ2v) is 21.8. The molecule has 0 atom stereocenters. The Morgan fingerprint density at radius 1 is 0.574 bits per heavy atom. The molecule has 2 aliphatic carbocycles. The molecule has 0 heterocycles. The van der Waals surface area contributed by atoms with Crippen molar-refractivity contribution in [2.45, 2.75) is 31.6 Å². The predicted molar refractivity (Wildman–Crippen MR) is 198 cm³/mol. The van der Waals surface area contributed by atoms with Crippen molar-refractivity contribution >= 4 is 59.9 Å². The first-order valence-electron chi connectivity index (χ1n) is 16.1. The van der Waals surface area contributed by atoms with E-state index in [2.05, 4.69) is 64.0 Å². The molecule has 3 nitrogen and oxygen atoms in total. The molecule has 0 spiro atoms. The normalized spacial score (nSPS) is 19.1. The molecule has 5 aromatic carbocycles. The molecule has 0 unspecified atom stereocenters. The summed E-state index contributed by atoms with van der Waals surface area (Å²) >= 11 is 10.6. The van der Waals surface area contributed by atoms with Gasteiger partial charge in [-0.2, -0.15) is 0 Å². The molecule has 5 aromatic rings. The molecule has 47 heavy (non-hydrogen) atoms. The first kappa shape index (κ1) is 31.8. The Balaban J connectivity index is 1.34. The predicted octanol–water partition coefficient (Wildman–Crippen LogP) is 9.76. The summed E-state index contributed by atoms with van der Waals surface area (Å²) < 4.78 is 6.95. The summed E-state index contributed by atoms with van der Waals surface area (Å²) in [6, 6.07) is 46.3. The van der Waals surface area contributed by atoms with Gasteiger partial charge >= 0.3 is 279 Å². The second-order valence-electron chi connectivity index (χ2n) is 12.5. The molecule has 0 N–H and O–H groups in total. The SMILES string of the molecule is O=C1C(OCP(Br)(c2ccccc2)(c2ccccc2)c2ccccc2)=C(C2CCC(c3ccc(Cl)cc3)CC2)C(=O)c2ccccc21. The van der Waals surface area contributed by atoms with Gasteiger partial charge in [-0.3, -0.25) is 0 Å². The molecule has 0 aromatic heterocycles. The van der Waals surface area contributed by atoms with E-state index in [9.17, 15) is 9.59 Å². The average molecular weight is 722 g/mol. The van der Waals surface area contributed by atoms with Crippen molar-refractivity contribution in [2.75, 3.05) is 6.35 Å². The van der Waals surface area contributed by atoms with Crippen LogP contribution in [0.25, 0.3) is 0 Å². The van der Waals surface area contributed by atoms with E-state index in [4.69, 9.17) is 16.3 Å². The summed E-state index contributed by atoms with van der Waals surface area (Å²) in [5.41, 5.74) is 2.65. The summed E-state index contributed by atoms with van der Waals surface area (Å²) in [6.07, 6.45) is 3.60. The van der Waals surface area contributed by atoms with Gasteiger partial charge in [0.05, 0.1) is 0 Å². The van der Waals surface area contributed by atoms with E-state index in [1.54, 1.807) is 12.1 Å². The number of ether oxygens (including phenoxy) is 1. The number of hydrogen-bond donors (Lipinski definition) is 0. The van der Waals surface area contributed by atoms with Crippen molar-refractivity contribution in [3.63, 3.8) is 0 Å². The van der Waals surface area contributed by atoms with Gasteiger partial charge in [-0.25, -0.2) is 0 Å². The van der Waals surface area contributed by atoms with Crippen molar-refractivity contribution in [3.05, 3.63) is 173 Å². The van der Waals surface area contributed by atoms with E-state index < -0.39 is 5.31 Å². The Hall–Kier alpha value is -3.82. The Bertz CT molecular complexity index is 1850. The maximum atomic E-state index is 14.4. The Morgan fingerprint density at radius 2 is 1.00 bits per heavy atom. The molecule has 0 amide bonds. The molecule has 0 radical (unpaired) electrons. The van der Waals surface area contributed by atoms with Crippen LogP contribution in [0, 0.1) is 5.92 Å². The maximum absolute atomic E-state index is 14.4. The molecular formula is C41H35BrClO3P. The fourth-order valence-corrected chi connectivity index (χ4v) is 14.1. The number of carbonyl (C=O) groups excluding carboxylic acids is 2. The fourth-order valence-electron chi connectivity index (χ4n) is 7.41. The van der Waals surface area contributed by atoms with E-state index in [0.29, 0.717) is 22.6 Å². The average Bonchev–Trinajstić information content (AvgIpc) is 3.14. The standard InChI is InChI=1S/C41H35BrClO3P/c42-47(33-12-4-1-5-13-33,34-14-6-2-7-15-34,35-16-8-3-9-17-35)28-46-41-38(39(44)36-18-10-11-19-37(36)40(41)45)31-22-20-29(21-23-31)30-24-26-32(43)27-25-30/h1-19,24-27,29,31H,20-23,28H2. The Labute approximate surface area is 289 Å². The van der Waals surface area contributed by atoms with Crippen LogP contribution >= 0.6 is 32.4 Å². The van der Waals surface area contributed by atoms with E-state index in [1.807, 2.05) is 78.9 Å². The van der Waals surface area contributed by atoms with Crippen molar-refractivity contribution in [1.82, 2.24) is 0 Å². The Morgan fingerprint density at radius 3 is 1.49 bits per heavy atom. The molecular weight excluding hydrogens is 687 g/mol. The molecule has 0 bridgehead atoms. The molecule has 1 fully saturated rings. The van der Waals surface area contributed by atoms with Crippen molar-refractivity contribution in [3.8, 4) is 0 Å². The number of Topliss-reactive ketones (excluding diaryl/α,β-unsaturated/α-hetero) is 2. The van der Waals surface area contributed by atoms with E-state index in [-0.39, 0.29) is 29.6 Å². The van der Waals surface area contributed by atoms with Crippen LogP contribution in [0.3, 0.4) is 0 Å². The summed E-state index contributed by atoms with van der Waals surface area (Å²) in [5.74, 6) is 0.181. The first-order chi connectivity index (χ1) is 22.9. The van der Waals surface area contributed by atoms with Gasteiger partial charge in [-0.1, -0.05) is 11.6 Å². The fraction of sp³-hybridized carbons (Fsp3) is 0.171. The van der Waals surface area contributed by atoms with E-state index >= 15 is 0 Å². The van der Waals surface area contributed by atoms with Gasteiger partial charge in [0.2, 0.25) is 0 Å². The number of fused-ring (bicyclic) bond motifs is 1. The summed E-state index contributed by atoms with van der Waals surface area (Å²) in [7, 11) is 0. The molecule has 2 aliphatic rings. The van der Waals surface area contributed by atoms with E-state index in [0.717, 1.165) is 46.6 Å². The summed E-state index contributed by atoms with van der Waals surface area (Å²) in [5, 5.41) is 0.432. The Kier molecular flexibility index (Phi) is 8.78. The van der Waals surface area contributed by atoms with Crippen LogP contribution < -0.4 is 15.9 Å². The van der Waals surface area contributed by atoms with Crippen LogP contribution in [0.15, 0.2) is 151 Å². The van der Waals surface area contributed by atoms with Crippen LogP contribution in [0.4, 0.5) is 0 Å². The van der Waals surface area contributed by atoms with Gasteiger partial charge in [0.15, 0.2) is 0 Å². The number of allylic oxidation sites excluding steroid dienone is 2. The van der Waals surface area contributed by atoms with Gasteiger partial charge < -0.3 is 0 Å². The van der Waals surface area contributed by atoms with Crippen LogP contribution in [0.5, 0.6) is 0 Å². The summed E-state index contributed by atoms with van der Waals surface area (Å²) in [6.45, 7) is 0. The number of halogens is 2. The number of benzene rings is 5. The van der Waals surface area contributed by atoms with Crippen LogP contribution in [0.1, 0.15) is 57.9 Å². The number of carbonyl (C=O) groups is 2. The minimum absolute atomic E-state index is 0.0788. The molecule has 0 saturated heterocycles. The summed E-state index contributed by atoms with van der Waals surface area (Å²) in [4.78, 5) is 28.8. The van der Waals surface area contributed by atoms with E-state index in [1.165, 1.54) is 5.56 Å². The number of hydrogen-bond acceptors (Lipinski definition) is 3. The molecule has 1 saturated carbocycles. The van der Waals surface area contributed by atoms with Gasteiger partial charge in [0, 0.05) is 0 Å². The zero-order valence-corrected chi connectivity index (χ0v) is 29.1. The first-order valence-corrected chi connectivity index (χ1v) is 20.9. The second kappa shape index (κ2) is 13.0. The van der Waals surface area contributed by atoms with Gasteiger partial charge in [-0.05, 0) is 0 Å². The monoisotopic (exact) mass is 720 g/mol. The minimum atomic E-state index is -3.54. The van der Waals surface area contributed by atoms with Crippen LogP contribution in [-0.4, -0.2) is 17.9 Å². The van der Waals surface area contributed by atoms with Gasteiger partial charge in [-0.15, -0.1) is 0 Å². The molecule has 6 heteroatoms. The molecule has 236 valence electrons. The zero-order valence-electron chi connectivity index (χ0n) is 25.9. The third kappa shape index (κ3) is 5.61. The van der Waals surface area contributed by atoms with Gasteiger partial charge in [0.1, 0.15) is 0 Å². The third-order valence-electron chi connectivity index (χ3n) is 9.92. The van der Waals surface area contributed by atoms with Crippen molar-refractivity contribution < 1.29 is 14.3 Å². The number of ketones is 2. The third-order valence-corrected chi connectivity index (χ3v) is 19.2. The molecule has 7 rings (SSSR count). The van der Waals surface area contributed by atoms with Crippen molar-refractivity contribution in [1.29, 1.82) is 0 Å². The zero-order chi connectivity index (χ0) is 32.5. The molecule has 0 aliphatic heterocycles. The van der Waals surface area contributed by atoms with Crippen molar-refractivity contribution in [2.24, 2.45) is 5.92 Å².